The highest BCUT2D eigenvalue weighted by molar-refractivity contribution is 5.68. The average Bonchev–Trinajstić information content (AvgIpc) is 2.39. The first kappa shape index (κ1) is 19.1. The summed E-state index contributed by atoms with van der Waals surface area (Å²) < 4.78 is 5.18. The van der Waals surface area contributed by atoms with E-state index in [0.29, 0.717) is 6.61 Å². The second-order valence-corrected chi connectivity index (χ2v) is 7.81. The Kier molecular flexibility index (Phi) is 6.69. The van der Waals surface area contributed by atoms with Crippen molar-refractivity contribution in [1.29, 1.82) is 0 Å². The summed E-state index contributed by atoms with van der Waals surface area (Å²) in [4.78, 5) is 11.6. The van der Waals surface area contributed by atoms with Gasteiger partial charge in [0.05, 0.1) is 6.61 Å². The molecule has 23 heavy (non-hydrogen) atoms. The maximum Gasteiger partial charge on any atom is 0.407 e. The van der Waals surface area contributed by atoms with Crippen LogP contribution in [-0.2, 0) is 11.2 Å². The number of aryl methyl sites for hydroxylation is 1. The first-order valence-electron chi connectivity index (χ1n) is 8.12. The minimum absolute atomic E-state index is 0.00423. The number of carbonyl (C=O) groups is 1. The summed E-state index contributed by atoms with van der Waals surface area (Å²) in [7, 11) is 0. The van der Waals surface area contributed by atoms with Gasteiger partial charge in [0.15, 0.2) is 0 Å². The van der Waals surface area contributed by atoms with Gasteiger partial charge in [-0.05, 0) is 72.1 Å². The molecule has 0 spiro atoms. The van der Waals surface area contributed by atoms with Gasteiger partial charge >= 0.3 is 6.09 Å². The first-order valence-corrected chi connectivity index (χ1v) is 8.12. The summed E-state index contributed by atoms with van der Waals surface area (Å²) in [6, 6.07) is 8.23. The zero-order valence-electron chi connectivity index (χ0n) is 15.2. The Labute approximate surface area is 140 Å². The third-order valence-electron chi connectivity index (χ3n) is 2.83. The predicted molar refractivity (Wildman–Crippen MR) is 95.3 cm³/mol. The van der Waals surface area contributed by atoms with E-state index in [0.717, 1.165) is 18.4 Å². The molecule has 1 amide bonds. The van der Waals surface area contributed by atoms with Crippen LogP contribution in [0.25, 0.3) is 0 Å². The van der Waals surface area contributed by atoms with Gasteiger partial charge in [-0.1, -0.05) is 24.0 Å². The standard InChI is InChI=1S/C20H29NO2/c1-19(2,3)13-12-17-10-7-9-16(15-17)11-8-14-23-18(22)21-20(4,5)6/h7,9-10,15H,8,11,14H2,1-6H3,(H,21,22). The molecule has 1 rings (SSSR count). The Morgan fingerprint density at radius 3 is 2.48 bits per heavy atom. The van der Waals surface area contributed by atoms with E-state index in [9.17, 15) is 4.79 Å². The maximum atomic E-state index is 11.6. The normalized spacial score (nSPS) is 11.4. The molecule has 126 valence electrons. The van der Waals surface area contributed by atoms with Gasteiger partial charge in [0.2, 0.25) is 0 Å². The van der Waals surface area contributed by atoms with E-state index in [4.69, 9.17) is 4.74 Å². The van der Waals surface area contributed by atoms with Crippen LogP contribution in [0.4, 0.5) is 4.79 Å². The van der Waals surface area contributed by atoms with E-state index in [1.54, 1.807) is 0 Å². The Morgan fingerprint density at radius 2 is 1.87 bits per heavy atom. The molecule has 0 unspecified atom stereocenters. The van der Waals surface area contributed by atoms with Crippen LogP contribution >= 0.6 is 0 Å². The van der Waals surface area contributed by atoms with Gasteiger partial charge in [0.25, 0.3) is 0 Å². The fraction of sp³-hybridized carbons (Fsp3) is 0.550. The summed E-state index contributed by atoms with van der Waals surface area (Å²) in [5, 5.41) is 2.78. The molecule has 0 bridgehead atoms. The van der Waals surface area contributed by atoms with Crippen LogP contribution in [0.1, 0.15) is 59.1 Å². The number of rotatable bonds is 4. The summed E-state index contributed by atoms with van der Waals surface area (Å²) in [5.41, 5.74) is 1.98. The lowest BCUT2D eigenvalue weighted by Gasteiger charge is -2.19. The number of hydrogen-bond donors (Lipinski definition) is 1. The van der Waals surface area contributed by atoms with Crippen LogP contribution in [0, 0.1) is 17.3 Å². The molecule has 0 aromatic heterocycles. The van der Waals surface area contributed by atoms with Gasteiger partial charge in [-0.15, -0.1) is 0 Å². The van der Waals surface area contributed by atoms with Crippen LogP contribution in [0.3, 0.4) is 0 Å². The van der Waals surface area contributed by atoms with Gasteiger partial charge in [0.1, 0.15) is 0 Å². The van der Waals surface area contributed by atoms with Crippen LogP contribution in [0.5, 0.6) is 0 Å². The number of nitrogens with one attached hydrogen (secondary N) is 1. The van der Waals surface area contributed by atoms with Crippen molar-refractivity contribution >= 4 is 6.09 Å². The number of amides is 1. The van der Waals surface area contributed by atoms with Crippen LogP contribution in [0.15, 0.2) is 24.3 Å². The molecule has 0 atom stereocenters. The SMILES string of the molecule is CC(C)(C)C#Cc1cccc(CCCOC(=O)NC(C)(C)C)c1. The minimum atomic E-state index is -0.359. The predicted octanol–water partition coefficient (Wildman–Crippen LogP) is 4.54. The van der Waals surface area contributed by atoms with Gasteiger partial charge in [-0.3, -0.25) is 0 Å². The molecular weight excluding hydrogens is 286 g/mol. The van der Waals surface area contributed by atoms with Gasteiger partial charge in [-0.25, -0.2) is 4.79 Å². The first-order chi connectivity index (χ1) is 10.6. The van der Waals surface area contributed by atoms with Crippen molar-refractivity contribution in [3.8, 4) is 11.8 Å². The molecule has 1 aromatic rings. The Balaban J connectivity index is 2.44. The molecular formula is C20H29NO2. The third kappa shape index (κ3) is 9.63. The topological polar surface area (TPSA) is 38.3 Å². The third-order valence-corrected chi connectivity index (χ3v) is 2.83. The molecule has 0 fully saturated rings. The molecule has 1 aromatic carbocycles. The molecule has 0 radical (unpaired) electrons. The second kappa shape index (κ2) is 8.06. The molecule has 0 saturated heterocycles. The van der Waals surface area contributed by atoms with Crippen LogP contribution in [0.2, 0.25) is 0 Å². The van der Waals surface area contributed by atoms with Crippen molar-refractivity contribution in [3.63, 3.8) is 0 Å². The molecule has 0 saturated carbocycles. The van der Waals surface area contributed by atoms with E-state index in [2.05, 4.69) is 50.1 Å². The number of carbonyl (C=O) groups excluding carboxylic acids is 1. The smallest absolute Gasteiger partial charge is 0.407 e. The Morgan fingerprint density at radius 1 is 1.17 bits per heavy atom. The van der Waals surface area contributed by atoms with E-state index in [1.165, 1.54) is 5.56 Å². The highest BCUT2D eigenvalue weighted by Gasteiger charge is 2.14. The van der Waals surface area contributed by atoms with Crippen molar-refractivity contribution in [2.75, 3.05) is 6.61 Å². The molecule has 3 nitrogen and oxygen atoms in total. The van der Waals surface area contributed by atoms with Crippen molar-refractivity contribution in [2.45, 2.75) is 59.9 Å². The number of alkyl carbamates (subject to hydrolysis) is 1. The monoisotopic (exact) mass is 315 g/mol. The lowest BCUT2D eigenvalue weighted by Crippen LogP contribution is -2.41. The van der Waals surface area contributed by atoms with Gasteiger partial charge in [-0.2, -0.15) is 0 Å². The lowest BCUT2D eigenvalue weighted by atomic mass is 9.97. The average molecular weight is 315 g/mol. The highest BCUT2D eigenvalue weighted by atomic mass is 16.5. The van der Waals surface area contributed by atoms with Crippen molar-refractivity contribution in [2.24, 2.45) is 5.41 Å². The number of ether oxygens (including phenoxy) is 1. The summed E-state index contributed by atoms with van der Waals surface area (Å²) >= 11 is 0. The fourth-order valence-electron chi connectivity index (χ4n) is 1.85. The molecule has 1 N–H and O–H groups in total. The molecule has 3 heteroatoms. The molecule has 0 aliphatic heterocycles. The van der Waals surface area contributed by atoms with E-state index in [-0.39, 0.29) is 17.0 Å². The van der Waals surface area contributed by atoms with Crippen molar-refractivity contribution in [3.05, 3.63) is 35.4 Å². The van der Waals surface area contributed by atoms with Gasteiger partial charge in [0, 0.05) is 16.5 Å². The second-order valence-electron chi connectivity index (χ2n) is 7.81. The zero-order valence-corrected chi connectivity index (χ0v) is 15.2. The summed E-state index contributed by atoms with van der Waals surface area (Å²) in [5.74, 6) is 6.46. The summed E-state index contributed by atoms with van der Waals surface area (Å²) in [6.45, 7) is 12.5. The fourth-order valence-corrected chi connectivity index (χ4v) is 1.85. The van der Waals surface area contributed by atoms with E-state index >= 15 is 0 Å². The Bertz CT molecular complexity index is 580. The van der Waals surface area contributed by atoms with Crippen molar-refractivity contribution < 1.29 is 9.53 Å². The number of benzene rings is 1. The van der Waals surface area contributed by atoms with E-state index < -0.39 is 0 Å². The lowest BCUT2D eigenvalue weighted by molar-refractivity contribution is 0.136. The zero-order chi connectivity index (χ0) is 17.5. The van der Waals surface area contributed by atoms with Crippen molar-refractivity contribution in [1.82, 2.24) is 5.32 Å². The van der Waals surface area contributed by atoms with Crippen LogP contribution in [-0.4, -0.2) is 18.2 Å². The molecule has 0 aliphatic carbocycles. The minimum Gasteiger partial charge on any atom is -0.450 e. The van der Waals surface area contributed by atoms with Crippen LogP contribution < -0.4 is 5.32 Å². The largest absolute Gasteiger partial charge is 0.450 e. The Hall–Kier alpha value is -1.95. The molecule has 0 aliphatic rings. The maximum absolute atomic E-state index is 11.6. The summed E-state index contributed by atoms with van der Waals surface area (Å²) in [6.07, 6.45) is 1.31. The quantitative estimate of drug-likeness (QED) is 0.654. The van der Waals surface area contributed by atoms with Gasteiger partial charge < -0.3 is 10.1 Å². The molecule has 0 heterocycles. The van der Waals surface area contributed by atoms with E-state index in [1.807, 2.05) is 32.9 Å². The highest BCUT2D eigenvalue weighted by Crippen LogP contribution is 2.12. The number of hydrogen-bond acceptors (Lipinski definition) is 2.